The number of hydrogen-bond donors (Lipinski definition) is 2. The highest BCUT2D eigenvalue weighted by atomic mass is 32.2. The van der Waals surface area contributed by atoms with Gasteiger partial charge in [-0.3, -0.25) is 4.79 Å². The number of aliphatic hydroxyl groups is 1. The second-order valence-corrected chi connectivity index (χ2v) is 7.24. The van der Waals surface area contributed by atoms with Crippen LogP contribution in [0.2, 0.25) is 0 Å². The van der Waals surface area contributed by atoms with Gasteiger partial charge in [0.05, 0.1) is 23.8 Å². The maximum absolute atomic E-state index is 13.4. The van der Waals surface area contributed by atoms with Gasteiger partial charge in [0.1, 0.15) is 5.82 Å². The van der Waals surface area contributed by atoms with Crippen molar-refractivity contribution in [1.82, 2.24) is 4.90 Å². The summed E-state index contributed by atoms with van der Waals surface area (Å²) >= 11 is 0. The minimum absolute atomic E-state index is 0.00498. The fraction of sp³-hybridized carbons (Fsp3) is 0.462. The zero-order valence-corrected chi connectivity index (χ0v) is 12.1. The van der Waals surface area contributed by atoms with Crippen LogP contribution < -0.4 is 5.73 Å². The predicted octanol–water partition coefficient (Wildman–Crippen LogP) is 0.0295. The molecule has 1 heterocycles. The summed E-state index contributed by atoms with van der Waals surface area (Å²) in [6.07, 6.45) is 0.325. The Morgan fingerprint density at radius 2 is 2.19 bits per heavy atom. The van der Waals surface area contributed by atoms with Crippen LogP contribution in [0.5, 0.6) is 0 Å². The number of anilines is 1. The Kier molecular flexibility index (Phi) is 4.48. The first-order valence-corrected chi connectivity index (χ1v) is 8.33. The maximum atomic E-state index is 13.4. The molecular weight excluding hydrogens is 299 g/mol. The van der Waals surface area contributed by atoms with E-state index in [1.54, 1.807) is 0 Å². The third kappa shape index (κ3) is 3.51. The Labute approximate surface area is 122 Å². The van der Waals surface area contributed by atoms with Gasteiger partial charge in [0.25, 0.3) is 5.91 Å². The van der Waals surface area contributed by atoms with E-state index in [0.717, 1.165) is 6.07 Å². The molecule has 8 heteroatoms. The van der Waals surface area contributed by atoms with Crippen LogP contribution >= 0.6 is 0 Å². The van der Waals surface area contributed by atoms with E-state index in [-0.39, 0.29) is 35.9 Å². The van der Waals surface area contributed by atoms with Crippen molar-refractivity contribution in [3.8, 4) is 0 Å². The number of aliphatic hydroxyl groups excluding tert-OH is 1. The number of nitrogen functional groups attached to an aromatic ring is 1. The molecule has 1 fully saturated rings. The number of carbonyl (C=O) groups is 1. The first-order valence-electron chi connectivity index (χ1n) is 6.51. The summed E-state index contributed by atoms with van der Waals surface area (Å²) in [4.78, 5) is 13.7. The smallest absolute Gasteiger partial charge is 0.254 e. The average molecular weight is 316 g/mol. The molecule has 0 bridgehead atoms. The Morgan fingerprint density at radius 3 is 2.71 bits per heavy atom. The monoisotopic (exact) mass is 316 g/mol. The van der Waals surface area contributed by atoms with E-state index in [1.807, 2.05) is 0 Å². The van der Waals surface area contributed by atoms with Crippen molar-refractivity contribution in [3.05, 3.63) is 29.6 Å². The molecule has 21 heavy (non-hydrogen) atoms. The van der Waals surface area contributed by atoms with Crippen molar-refractivity contribution in [2.45, 2.75) is 12.5 Å². The third-order valence-electron chi connectivity index (χ3n) is 3.50. The summed E-state index contributed by atoms with van der Waals surface area (Å²) in [5.41, 5.74) is 5.38. The van der Waals surface area contributed by atoms with Gasteiger partial charge in [-0.1, -0.05) is 0 Å². The van der Waals surface area contributed by atoms with Crippen LogP contribution in [0.1, 0.15) is 16.8 Å². The van der Waals surface area contributed by atoms with Gasteiger partial charge in [-0.05, 0) is 24.6 Å². The molecule has 1 saturated heterocycles. The van der Waals surface area contributed by atoms with Crippen LogP contribution in [0.3, 0.4) is 0 Å². The van der Waals surface area contributed by atoms with Crippen molar-refractivity contribution in [2.24, 2.45) is 0 Å². The SMILES string of the molecule is Nc1ccc(C(=O)N(CCO)C2CCS(=O)(=O)C2)cc1F. The number of halogens is 1. The first kappa shape index (κ1) is 15.7. The largest absolute Gasteiger partial charge is 0.396 e. The van der Waals surface area contributed by atoms with E-state index >= 15 is 0 Å². The number of rotatable bonds is 4. The molecule has 1 unspecified atom stereocenters. The summed E-state index contributed by atoms with van der Waals surface area (Å²) in [6, 6.07) is 3.20. The van der Waals surface area contributed by atoms with E-state index in [1.165, 1.54) is 17.0 Å². The van der Waals surface area contributed by atoms with Crippen molar-refractivity contribution >= 4 is 21.4 Å². The third-order valence-corrected chi connectivity index (χ3v) is 5.25. The molecule has 1 aliphatic rings. The van der Waals surface area contributed by atoms with Crippen molar-refractivity contribution in [3.63, 3.8) is 0 Å². The van der Waals surface area contributed by atoms with Crippen LogP contribution in [0, 0.1) is 5.82 Å². The van der Waals surface area contributed by atoms with E-state index in [4.69, 9.17) is 10.8 Å². The summed E-state index contributed by atoms with van der Waals surface area (Å²) in [5.74, 6) is -1.33. The quantitative estimate of drug-likeness (QED) is 0.763. The fourth-order valence-corrected chi connectivity index (χ4v) is 4.14. The molecule has 0 aromatic heterocycles. The second kappa shape index (κ2) is 5.98. The fourth-order valence-electron chi connectivity index (χ4n) is 2.40. The van der Waals surface area contributed by atoms with Gasteiger partial charge in [-0.15, -0.1) is 0 Å². The van der Waals surface area contributed by atoms with Gasteiger partial charge in [-0.2, -0.15) is 0 Å². The molecule has 116 valence electrons. The first-order chi connectivity index (χ1) is 9.84. The zero-order chi connectivity index (χ0) is 15.6. The molecule has 1 aromatic carbocycles. The van der Waals surface area contributed by atoms with Crippen LogP contribution in [0.4, 0.5) is 10.1 Å². The van der Waals surface area contributed by atoms with Crippen molar-refractivity contribution in [2.75, 3.05) is 30.4 Å². The molecule has 1 aliphatic heterocycles. The van der Waals surface area contributed by atoms with Gasteiger partial charge in [0.2, 0.25) is 0 Å². The summed E-state index contributed by atoms with van der Waals surface area (Å²) in [5, 5.41) is 9.08. The maximum Gasteiger partial charge on any atom is 0.254 e. The molecule has 0 radical (unpaired) electrons. The zero-order valence-electron chi connectivity index (χ0n) is 11.3. The average Bonchev–Trinajstić information content (AvgIpc) is 2.78. The highest BCUT2D eigenvalue weighted by molar-refractivity contribution is 7.91. The lowest BCUT2D eigenvalue weighted by Gasteiger charge is -2.27. The number of nitrogens with zero attached hydrogens (tertiary/aromatic N) is 1. The Morgan fingerprint density at radius 1 is 1.48 bits per heavy atom. The van der Waals surface area contributed by atoms with Gasteiger partial charge < -0.3 is 15.7 Å². The molecule has 1 aromatic rings. The van der Waals surface area contributed by atoms with Crippen LogP contribution in [-0.2, 0) is 9.84 Å². The summed E-state index contributed by atoms with van der Waals surface area (Å²) in [7, 11) is -3.16. The van der Waals surface area contributed by atoms with Crippen LogP contribution in [-0.4, -0.2) is 55.0 Å². The van der Waals surface area contributed by atoms with E-state index in [2.05, 4.69) is 0 Å². The standard InChI is InChI=1S/C13H17FN2O4S/c14-11-7-9(1-2-12(11)15)13(18)16(4-5-17)10-3-6-21(19,20)8-10/h1-2,7,10,17H,3-6,8,15H2. The lowest BCUT2D eigenvalue weighted by Crippen LogP contribution is -2.42. The Hall–Kier alpha value is -1.67. The highest BCUT2D eigenvalue weighted by Crippen LogP contribution is 2.21. The van der Waals surface area contributed by atoms with E-state index < -0.39 is 27.6 Å². The minimum atomic E-state index is -3.16. The highest BCUT2D eigenvalue weighted by Gasteiger charge is 2.34. The summed E-state index contributed by atoms with van der Waals surface area (Å²) < 4.78 is 36.5. The minimum Gasteiger partial charge on any atom is -0.396 e. The van der Waals surface area contributed by atoms with Crippen LogP contribution in [0.25, 0.3) is 0 Å². The number of sulfone groups is 1. The number of amides is 1. The molecule has 0 aliphatic carbocycles. The molecule has 1 amide bonds. The molecule has 3 N–H and O–H groups in total. The number of hydrogen-bond acceptors (Lipinski definition) is 5. The number of benzene rings is 1. The second-order valence-electron chi connectivity index (χ2n) is 5.02. The molecule has 1 atom stereocenters. The number of carbonyl (C=O) groups excluding carboxylic acids is 1. The lowest BCUT2D eigenvalue weighted by atomic mass is 10.1. The normalized spacial score (nSPS) is 20.4. The van der Waals surface area contributed by atoms with Crippen LogP contribution in [0.15, 0.2) is 18.2 Å². The molecule has 6 nitrogen and oxygen atoms in total. The van der Waals surface area contributed by atoms with Gasteiger partial charge in [-0.25, -0.2) is 12.8 Å². The van der Waals surface area contributed by atoms with Gasteiger partial charge in [0, 0.05) is 18.2 Å². The van der Waals surface area contributed by atoms with Gasteiger partial charge >= 0.3 is 0 Å². The topological polar surface area (TPSA) is 101 Å². The number of nitrogens with two attached hydrogens (primary N) is 1. The predicted molar refractivity (Wildman–Crippen MR) is 76.0 cm³/mol. The summed E-state index contributed by atoms with van der Waals surface area (Å²) in [6.45, 7) is -0.287. The Balaban J connectivity index is 2.25. The van der Waals surface area contributed by atoms with E-state index in [0.29, 0.717) is 6.42 Å². The molecular formula is C13H17FN2O4S. The van der Waals surface area contributed by atoms with E-state index in [9.17, 15) is 17.6 Å². The molecule has 0 spiro atoms. The Bertz CT molecular complexity index is 648. The molecule has 2 rings (SSSR count). The molecule has 0 saturated carbocycles. The van der Waals surface area contributed by atoms with Crippen molar-refractivity contribution in [1.29, 1.82) is 0 Å². The van der Waals surface area contributed by atoms with Crippen molar-refractivity contribution < 1.29 is 22.7 Å². The lowest BCUT2D eigenvalue weighted by molar-refractivity contribution is 0.0655. The van der Waals surface area contributed by atoms with Gasteiger partial charge in [0.15, 0.2) is 9.84 Å².